The van der Waals surface area contributed by atoms with Crippen LogP contribution >= 0.6 is 22.4 Å². The number of hydrogen-bond donors (Lipinski definition) is 3. The Kier molecular flexibility index (Phi) is 4.38. The fourth-order valence-corrected chi connectivity index (χ4v) is 6.27. The van der Waals surface area contributed by atoms with Crippen molar-refractivity contribution in [2.24, 2.45) is 0 Å². The first-order valence-electron chi connectivity index (χ1n) is 6.85. The van der Waals surface area contributed by atoms with Crippen LogP contribution in [0.2, 0.25) is 0 Å². The van der Waals surface area contributed by atoms with Gasteiger partial charge < -0.3 is 9.84 Å². The standard InChI is InChI=1S/C16H18O4S2/c1-20-16-11(9-17)7-8-14-15(16)13(10-22(14,18)19)21-12-5-3-2-4-6-12/h2-8,13,17-19H,9-10H2,1H3. The van der Waals surface area contributed by atoms with Crippen LogP contribution in [0, 0.1) is 0 Å². The Morgan fingerprint density at radius 2 is 1.91 bits per heavy atom. The number of fused-ring (bicyclic) bond motifs is 1. The molecule has 0 spiro atoms. The quantitative estimate of drug-likeness (QED) is 0.781. The molecule has 118 valence electrons. The van der Waals surface area contributed by atoms with E-state index >= 15 is 0 Å². The fraction of sp³-hybridized carbons (Fsp3) is 0.250. The first kappa shape index (κ1) is 15.7. The highest BCUT2D eigenvalue weighted by Gasteiger charge is 2.38. The van der Waals surface area contributed by atoms with E-state index in [1.54, 1.807) is 31.0 Å². The van der Waals surface area contributed by atoms with Crippen molar-refractivity contribution in [2.75, 3.05) is 12.9 Å². The second-order valence-electron chi connectivity index (χ2n) is 5.08. The predicted octanol–water partition coefficient (Wildman–Crippen LogP) is 4.14. The van der Waals surface area contributed by atoms with Gasteiger partial charge in [-0.05, 0) is 18.2 Å². The predicted molar refractivity (Wildman–Crippen MR) is 89.9 cm³/mol. The molecule has 0 saturated heterocycles. The zero-order chi connectivity index (χ0) is 15.7. The van der Waals surface area contributed by atoms with Gasteiger partial charge in [-0.1, -0.05) is 24.3 Å². The molecule has 3 rings (SSSR count). The molecule has 0 radical (unpaired) electrons. The second-order valence-corrected chi connectivity index (χ2v) is 8.46. The zero-order valence-electron chi connectivity index (χ0n) is 12.1. The highest BCUT2D eigenvalue weighted by molar-refractivity contribution is 8.25. The van der Waals surface area contributed by atoms with Crippen molar-refractivity contribution in [3.05, 3.63) is 53.6 Å². The summed E-state index contributed by atoms with van der Waals surface area (Å²) >= 11 is 1.58. The summed E-state index contributed by atoms with van der Waals surface area (Å²) in [4.78, 5) is 1.60. The number of methoxy groups -OCH3 is 1. The van der Waals surface area contributed by atoms with Gasteiger partial charge in [-0.3, -0.25) is 9.11 Å². The summed E-state index contributed by atoms with van der Waals surface area (Å²) in [5.74, 6) is 0.832. The molecule has 0 fully saturated rings. The van der Waals surface area contributed by atoms with Crippen molar-refractivity contribution in [1.82, 2.24) is 0 Å². The van der Waals surface area contributed by atoms with Gasteiger partial charge in [0.2, 0.25) is 0 Å². The van der Waals surface area contributed by atoms with Gasteiger partial charge in [0.15, 0.2) is 0 Å². The number of aliphatic hydroxyl groups is 1. The summed E-state index contributed by atoms with van der Waals surface area (Å²) in [6.07, 6.45) is 0. The smallest absolute Gasteiger partial charge is 0.130 e. The minimum absolute atomic E-state index is 0.108. The van der Waals surface area contributed by atoms with E-state index in [2.05, 4.69) is 0 Å². The molecule has 3 N–H and O–H groups in total. The molecule has 0 aliphatic carbocycles. The lowest BCUT2D eigenvalue weighted by molar-refractivity contribution is 0.273. The summed E-state index contributed by atoms with van der Waals surface area (Å²) in [6.45, 7) is -0.141. The van der Waals surface area contributed by atoms with E-state index in [1.807, 2.05) is 30.3 Å². The van der Waals surface area contributed by atoms with Crippen molar-refractivity contribution >= 4 is 22.4 Å². The van der Waals surface area contributed by atoms with Crippen LogP contribution in [-0.2, 0) is 6.61 Å². The molecule has 1 atom stereocenters. The van der Waals surface area contributed by atoms with Crippen LogP contribution in [0.25, 0.3) is 0 Å². The van der Waals surface area contributed by atoms with Gasteiger partial charge in [0.05, 0.1) is 29.6 Å². The van der Waals surface area contributed by atoms with Crippen molar-refractivity contribution in [1.29, 1.82) is 0 Å². The summed E-state index contributed by atoms with van der Waals surface area (Å²) in [6, 6.07) is 13.2. The van der Waals surface area contributed by atoms with Crippen molar-refractivity contribution in [2.45, 2.75) is 21.6 Å². The zero-order valence-corrected chi connectivity index (χ0v) is 13.7. The topological polar surface area (TPSA) is 69.9 Å². The Hall–Kier alpha value is -1.18. The van der Waals surface area contributed by atoms with Gasteiger partial charge in [0.25, 0.3) is 0 Å². The van der Waals surface area contributed by atoms with Gasteiger partial charge in [-0.2, -0.15) is 10.6 Å². The third kappa shape index (κ3) is 2.73. The van der Waals surface area contributed by atoms with Crippen LogP contribution in [0.15, 0.2) is 52.3 Å². The number of rotatable bonds is 4. The number of hydrogen-bond acceptors (Lipinski definition) is 5. The Bertz CT molecular complexity index is 673. The van der Waals surface area contributed by atoms with Gasteiger partial charge in [0, 0.05) is 16.0 Å². The molecule has 1 aliphatic rings. The lowest BCUT2D eigenvalue weighted by Gasteiger charge is -2.27. The van der Waals surface area contributed by atoms with E-state index in [0.717, 1.165) is 10.5 Å². The van der Waals surface area contributed by atoms with Crippen LogP contribution in [0.4, 0.5) is 0 Å². The molecule has 0 bridgehead atoms. The van der Waals surface area contributed by atoms with E-state index in [4.69, 9.17) is 4.74 Å². The van der Waals surface area contributed by atoms with E-state index in [1.165, 1.54) is 0 Å². The van der Waals surface area contributed by atoms with Gasteiger partial charge in [-0.15, -0.1) is 11.8 Å². The van der Waals surface area contributed by atoms with Crippen molar-refractivity contribution in [3.8, 4) is 5.75 Å². The minimum atomic E-state index is -2.81. The molecule has 6 heteroatoms. The highest BCUT2D eigenvalue weighted by Crippen LogP contribution is 2.65. The largest absolute Gasteiger partial charge is 0.496 e. The van der Waals surface area contributed by atoms with E-state index < -0.39 is 10.6 Å². The normalized spacial score (nSPS) is 20.5. The molecular weight excluding hydrogens is 320 g/mol. The minimum Gasteiger partial charge on any atom is -0.496 e. The number of benzene rings is 2. The summed E-state index contributed by atoms with van der Waals surface area (Å²) < 4.78 is 26.2. The lowest BCUT2D eigenvalue weighted by Crippen LogP contribution is -2.00. The molecule has 1 heterocycles. The molecule has 0 saturated carbocycles. The molecule has 0 aromatic heterocycles. The third-order valence-corrected chi connectivity index (χ3v) is 6.99. The van der Waals surface area contributed by atoms with Crippen LogP contribution in [0.3, 0.4) is 0 Å². The third-order valence-electron chi connectivity index (χ3n) is 3.69. The molecule has 0 amide bonds. The Labute approximate surface area is 135 Å². The van der Waals surface area contributed by atoms with Crippen molar-refractivity contribution < 1.29 is 18.9 Å². The molecule has 1 aliphatic heterocycles. The summed E-state index contributed by atoms with van der Waals surface area (Å²) in [5, 5.41) is 9.37. The maximum Gasteiger partial charge on any atom is 0.130 e. The first-order valence-corrected chi connectivity index (χ1v) is 9.44. The maximum atomic E-state index is 10.4. The average molecular weight is 338 g/mol. The average Bonchev–Trinajstić information content (AvgIpc) is 2.78. The van der Waals surface area contributed by atoms with Crippen LogP contribution in [-0.4, -0.2) is 27.1 Å². The molecule has 4 nitrogen and oxygen atoms in total. The maximum absolute atomic E-state index is 10.4. The Morgan fingerprint density at radius 3 is 2.55 bits per heavy atom. The molecule has 2 aromatic rings. The molecular formula is C16H18O4S2. The van der Waals surface area contributed by atoms with E-state index in [0.29, 0.717) is 16.2 Å². The fourth-order valence-electron chi connectivity index (χ4n) is 2.72. The van der Waals surface area contributed by atoms with Crippen LogP contribution < -0.4 is 4.74 Å². The number of aliphatic hydroxyl groups excluding tert-OH is 1. The molecule has 2 aromatic carbocycles. The van der Waals surface area contributed by atoms with Gasteiger partial charge in [-0.25, -0.2) is 0 Å². The second kappa shape index (κ2) is 6.14. The summed E-state index contributed by atoms with van der Waals surface area (Å²) in [5.41, 5.74) is 1.46. The van der Waals surface area contributed by atoms with Gasteiger partial charge in [0.1, 0.15) is 5.75 Å². The van der Waals surface area contributed by atoms with Crippen molar-refractivity contribution in [3.63, 3.8) is 0 Å². The Morgan fingerprint density at radius 1 is 1.18 bits per heavy atom. The first-order chi connectivity index (χ1) is 10.6. The number of ether oxygens (including phenoxy) is 1. The highest BCUT2D eigenvalue weighted by atomic mass is 32.3. The summed E-state index contributed by atoms with van der Waals surface area (Å²) in [7, 11) is -1.27. The molecule has 1 unspecified atom stereocenters. The lowest BCUT2D eigenvalue weighted by atomic mass is 10.1. The van der Waals surface area contributed by atoms with E-state index in [9.17, 15) is 14.2 Å². The molecule has 22 heavy (non-hydrogen) atoms. The monoisotopic (exact) mass is 338 g/mol. The number of thioether (sulfide) groups is 1. The SMILES string of the molecule is COc1c(CO)ccc2c1C(Sc1ccccc1)CS2(O)O. The van der Waals surface area contributed by atoms with Gasteiger partial charge >= 0.3 is 0 Å². The van der Waals surface area contributed by atoms with Crippen LogP contribution in [0.5, 0.6) is 5.75 Å². The van der Waals surface area contributed by atoms with Crippen LogP contribution in [0.1, 0.15) is 16.4 Å². The van der Waals surface area contributed by atoms with E-state index in [-0.39, 0.29) is 17.6 Å². The Balaban J connectivity index is 2.06.